The van der Waals surface area contributed by atoms with Gasteiger partial charge in [0.2, 0.25) is 5.91 Å². The number of aromatic nitrogens is 2. The molecule has 6 heteroatoms. The minimum Gasteiger partial charge on any atom is -0.389 e. The van der Waals surface area contributed by atoms with E-state index in [9.17, 15) is 9.90 Å². The Morgan fingerprint density at radius 3 is 3.20 bits per heavy atom. The summed E-state index contributed by atoms with van der Waals surface area (Å²) < 4.78 is 1.71. The molecule has 1 N–H and O–H groups in total. The molecule has 1 unspecified atom stereocenters. The maximum Gasteiger partial charge on any atom is 0.237 e. The van der Waals surface area contributed by atoms with Gasteiger partial charge in [0, 0.05) is 12.7 Å². The molecule has 1 amide bonds. The molecule has 0 saturated heterocycles. The lowest BCUT2D eigenvalue weighted by atomic mass is 10.3. The molecule has 1 aromatic heterocycles. The van der Waals surface area contributed by atoms with Crippen LogP contribution in [0.4, 0.5) is 0 Å². The van der Waals surface area contributed by atoms with Gasteiger partial charge < -0.3 is 10.0 Å². The third-order valence-corrected chi connectivity index (χ3v) is 2.67. The second kappa shape index (κ2) is 4.20. The molecule has 0 radical (unpaired) electrons. The van der Waals surface area contributed by atoms with E-state index in [0.717, 1.165) is 5.69 Å². The number of fused-ring (bicyclic) bond motifs is 1. The predicted molar refractivity (Wildman–Crippen MR) is 54.4 cm³/mol. The van der Waals surface area contributed by atoms with Crippen molar-refractivity contribution in [3.8, 4) is 0 Å². The average Bonchev–Trinajstić information content (AvgIpc) is 2.57. The fourth-order valence-corrected chi connectivity index (χ4v) is 1.87. The summed E-state index contributed by atoms with van der Waals surface area (Å²) in [6, 6.07) is 1.84. The highest BCUT2D eigenvalue weighted by Crippen LogP contribution is 2.12. The number of β-amino-alcohol motifs (C(OH)–C–C–N with tert-alkyl or cyclic N) is 1. The van der Waals surface area contributed by atoms with E-state index >= 15 is 0 Å². The summed E-state index contributed by atoms with van der Waals surface area (Å²) >= 11 is 5.49. The molecule has 1 atom stereocenters. The summed E-state index contributed by atoms with van der Waals surface area (Å²) in [6.45, 7) is 1.20. The number of amides is 1. The van der Waals surface area contributed by atoms with Crippen LogP contribution in [0.15, 0.2) is 12.3 Å². The highest BCUT2D eigenvalue weighted by Gasteiger charge is 2.23. The van der Waals surface area contributed by atoms with Crippen LogP contribution in [0, 0.1) is 0 Å². The first kappa shape index (κ1) is 10.4. The lowest BCUT2D eigenvalue weighted by Gasteiger charge is -2.20. The van der Waals surface area contributed by atoms with Gasteiger partial charge in [-0.05, 0) is 6.07 Å². The monoisotopic (exact) mass is 229 g/mol. The van der Waals surface area contributed by atoms with Gasteiger partial charge in [0.25, 0.3) is 0 Å². The predicted octanol–water partition coefficient (Wildman–Crippen LogP) is -0.175. The van der Waals surface area contributed by atoms with Crippen LogP contribution in [0.1, 0.15) is 5.69 Å². The Bertz CT molecular complexity index is 366. The molecule has 0 aliphatic carbocycles. The van der Waals surface area contributed by atoms with Crippen LogP contribution < -0.4 is 0 Å². The lowest BCUT2D eigenvalue weighted by molar-refractivity contribution is -0.130. The van der Waals surface area contributed by atoms with Crippen molar-refractivity contribution in [2.75, 3.05) is 12.4 Å². The van der Waals surface area contributed by atoms with Crippen molar-refractivity contribution in [2.45, 2.75) is 19.2 Å². The number of hydrogen-bond donors (Lipinski definition) is 1. The van der Waals surface area contributed by atoms with E-state index < -0.39 is 6.10 Å². The first-order valence-electron chi connectivity index (χ1n) is 4.73. The van der Waals surface area contributed by atoms with Crippen LogP contribution in [0.5, 0.6) is 0 Å². The second-order valence-corrected chi connectivity index (χ2v) is 3.83. The first-order valence-corrected chi connectivity index (χ1v) is 5.26. The molecule has 1 aromatic rings. The Morgan fingerprint density at radius 1 is 1.67 bits per heavy atom. The topological polar surface area (TPSA) is 58.4 Å². The van der Waals surface area contributed by atoms with E-state index in [-0.39, 0.29) is 11.8 Å². The Kier molecular flexibility index (Phi) is 2.93. The molecule has 5 nitrogen and oxygen atoms in total. The summed E-state index contributed by atoms with van der Waals surface area (Å²) in [6.07, 6.45) is 1.08. The SMILES string of the molecule is O=C(CCl)N1Cc2ccnn2CC(O)C1. The van der Waals surface area contributed by atoms with Crippen molar-refractivity contribution in [3.63, 3.8) is 0 Å². The van der Waals surface area contributed by atoms with E-state index in [1.54, 1.807) is 15.8 Å². The number of aliphatic hydroxyl groups excluding tert-OH is 1. The van der Waals surface area contributed by atoms with Crippen molar-refractivity contribution >= 4 is 17.5 Å². The highest BCUT2D eigenvalue weighted by molar-refractivity contribution is 6.27. The molecule has 0 fully saturated rings. The van der Waals surface area contributed by atoms with Crippen molar-refractivity contribution in [1.82, 2.24) is 14.7 Å². The maximum absolute atomic E-state index is 11.5. The van der Waals surface area contributed by atoms with Crippen molar-refractivity contribution < 1.29 is 9.90 Å². The Morgan fingerprint density at radius 2 is 2.47 bits per heavy atom. The summed E-state index contributed by atoms with van der Waals surface area (Å²) in [7, 11) is 0. The van der Waals surface area contributed by atoms with Crippen LogP contribution in [0.2, 0.25) is 0 Å². The summed E-state index contributed by atoms with van der Waals surface area (Å²) in [5.74, 6) is -0.216. The second-order valence-electron chi connectivity index (χ2n) is 3.57. The minimum atomic E-state index is -0.585. The fraction of sp³-hybridized carbons (Fsp3) is 0.556. The number of carbonyl (C=O) groups is 1. The van der Waals surface area contributed by atoms with Crippen molar-refractivity contribution in [2.24, 2.45) is 0 Å². The molecule has 0 bridgehead atoms. The van der Waals surface area contributed by atoms with E-state index in [1.165, 1.54) is 0 Å². The van der Waals surface area contributed by atoms with Gasteiger partial charge in [0.1, 0.15) is 5.88 Å². The van der Waals surface area contributed by atoms with E-state index in [0.29, 0.717) is 19.6 Å². The number of carbonyl (C=O) groups excluding carboxylic acids is 1. The number of nitrogens with zero attached hydrogens (tertiary/aromatic N) is 3. The summed E-state index contributed by atoms with van der Waals surface area (Å²) in [5.41, 5.74) is 0.921. The molecule has 0 spiro atoms. The average molecular weight is 230 g/mol. The molecule has 82 valence electrons. The number of aliphatic hydroxyl groups is 1. The molecule has 0 aromatic carbocycles. The zero-order chi connectivity index (χ0) is 10.8. The summed E-state index contributed by atoms with van der Waals surface area (Å²) in [4.78, 5) is 13.0. The standard InChI is InChI=1S/C9H12ClN3O2/c10-3-9(15)12-4-7-1-2-11-13(7)6-8(14)5-12/h1-2,8,14H,3-6H2. The van der Waals surface area contributed by atoms with Crippen LogP contribution >= 0.6 is 11.6 Å². The number of halogens is 1. The lowest BCUT2D eigenvalue weighted by Crippen LogP contribution is -2.36. The third-order valence-electron chi connectivity index (χ3n) is 2.44. The number of alkyl halides is 1. The summed E-state index contributed by atoms with van der Waals surface area (Å²) in [5, 5.41) is 13.7. The van der Waals surface area contributed by atoms with Crippen molar-refractivity contribution in [1.29, 1.82) is 0 Å². The normalized spacial score (nSPS) is 20.9. The molecule has 15 heavy (non-hydrogen) atoms. The van der Waals surface area contributed by atoms with Crippen molar-refractivity contribution in [3.05, 3.63) is 18.0 Å². The minimum absolute atomic E-state index is 0.0547. The molecular weight excluding hydrogens is 218 g/mol. The van der Waals surface area contributed by atoms with Crippen LogP contribution in [-0.2, 0) is 17.9 Å². The maximum atomic E-state index is 11.5. The van der Waals surface area contributed by atoms with Gasteiger partial charge in [-0.2, -0.15) is 5.10 Å². The van der Waals surface area contributed by atoms with Gasteiger partial charge in [-0.15, -0.1) is 11.6 Å². The van der Waals surface area contributed by atoms with Gasteiger partial charge in [-0.1, -0.05) is 0 Å². The Hall–Kier alpha value is -1.07. The van der Waals surface area contributed by atoms with E-state index in [1.807, 2.05) is 6.07 Å². The Labute approximate surface area is 92.2 Å². The molecule has 0 saturated carbocycles. The largest absolute Gasteiger partial charge is 0.389 e. The van der Waals surface area contributed by atoms with Crippen LogP contribution in [-0.4, -0.2) is 44.2 Å². The molecule has 1 aliphatic rings. The molecule has 2 heterocycles. The Balaban J connectivity index is 2.21. The third kappa shape index (κ3) is 2.13. The fourth-order valence-electron chi connectivity index (χ4n) is 1.71. The van der Waals surface area contributed by atoms with Crippen LogP contribution in [0.25, 0.3) is 0 Å². The quantitative estimate of drug-likeness (QED) is 0.680. The van der Waals surface area contributed by atoms with Gasteiger partial charge in [-0.3, -0.25) is 9.48 Å². The van der Waals surface area contributed by atoms with Crippen LogP contribution in [0.3, 0.4) is 0 Å². The number of rotatable bonds is 1. The number of hydrogen-bond acceptors (Lipinski definition) is 3. The zero-order valence-corrected chi connectivity index (χ0v) is 8.89. The molecule has 2 rings (SSSR count). The van der Waals surface area contributed by atoms with Gasteiger partial charge in [0.05, 0.1) is 24.9 Å². The molecular formula is C9H12ClN3O2. The first-order chi connectivity index (χ1) is 7.20. The van der Waals surface area contributed by atoms with Gasteiger partial charge in [0.15, 0.2) is 0 Å². The highest BCUT2D eigenvalue weighted by atomic mass is 35.5. The van der Waals surface area contributed by atoms with E-state index in [2.05, 4.69) is 5.10 Å². The van der Waals surface area contributed by atoms with Gasteiger partial charge >= 0.3 is 0 Å². The van der Waals surface area contributed by atoms with E-state index in [4.69, 9.17) is 11.6 Å². The zero-order valence-electron chi connectivity index (χ0n) is 8.14. The molecule has 1 aliphatic heterocycles. The smallest absolute Gasteiger partial charge is 0.237 e. The van der Waals surface area contributed by atoms with Gasteiger partial charge in [-0.25, -0.2) is 0 Å².